The Labute approximate surface area is 93.9 Å². The highest BCUT2D eigenvalue weighted by Crippen LogP contribution is 2.37. The number of hydrogen-bond acceptors (Lipinski definition) is 4. The minimum atomic E-state index is -0.115. The summed E-state index contributed by atoms with van der Waals surface area (Å²) in [6.07, 6.45) is 1.77. The average Bonchev–Trinajstić information content (AvgIpc) is 2.51. The fraction of sp³-hybridized carbons (Fsp3) is 0.600. The minimum absolute atomic E-state index is 0.0632. The van der Waals surface area contributed by atoms with Gasteiger partial charge in [0, 0.05) is 13.2 Å². The summed E-state index contributed by atoms with van der Waals surface area (Å²) in [7, 11) is 1.61. The zero-order chi connectivity index (χ0) is 11.6. The molecule has 0 bridgehead atoms. The fourth-order valence-electron chi connectivity index (χ4n) is 1.44. The van der Waals surface area contributed by atoms with E-state index in [1.807, 2.05) is 20.1 Å². The van der Waals surface area contributed by atoms with Gasteiger partial charge in [0.05, 0.1) is 17.0 Å². The summed E-state index contributed by atoms with van der Waals surface area (Å²) >= 11 is 1.40. The lowest BCUT2D eigenvalue weighted by molar-refractivity contribution is 0.0718. The number of ether oxygens (including phenoxy) is 1. The Balaban J connectivity index is 3.08. The first-order valence-electron chi connectivity index (χ1n) is 4.72. The number of nitrogens with zero attached hydrogens (tertiary/aromatic N) is 1. The zero-order valence-electron chi connectivity index (χ0n) is 9.39. The van der Waals surface area contributed by atoms with Crippen molar-refractivity contribution in [1.29, 1.82) is 0 Å². The molecule has 1 rings (SSSR count). The largest absolute Gasteiger partial charge is 0.494 e. The van der Waals surface area contributed by atoms with Crippen LogP contribution < -0.4 is 0 Å². The third-order valence-corrected chi connectivity index (χ3v) is 3.37. The van der Waals surface area contributed by atoms with Gasteiger partial charge in [-0.2, -0.15) is 0 Å². The van der Waals surface area contributed by atoms with Gasteiger partial charge in [-0.15, -0.1) is 11.8 Å². The maximum Gasteiger partial charge on any atom is 0.208 e. The van der Waals surface area contributed by atoms with Crippen molar-refractivity contribution in [2.45, 2.75) is 30.9 Å². The van der Waals surface area contributed by atoms with E-state index >= 15 is 0 Å². The molecule has 0 aromatic carbocycles. The third-order valence-electron chi connectivity index (χ3n) is 2.63. The normalized spacial score (nSPS) is 15.2. The summed E-state index contributed by atoms with van der Waals surface area (Å²) in [6, 6.07) is 1.44. The lowest BCUT2D eigenvalue weighted by Gasteiger charge is -2.21. The monoisotopic (exact) mass is 231 g/mol. The maximum atomic E-state index is 9.85. The highest BCUT2D eigenvalue weighted by atomic mass is 32.2. The molecule has 0 amide bonds. The van der Waals surface area contributed by atoms with Crippen molar-refractivity contribution in [3.05, 3.63) is 6.07 Å². The van der Waals surface area contributed by atoms with Crippen molar-refractivity contribution in [1.82, 2.24) is 4.57 Å². The molecule has 1 aromatic heterocycles. The maximum absolute atomic E-state index is 9.85. The Morgan fingerprint density at radius 2 is 2.00 bits per heavy atom. The predicted molar refractivity (Wildman–Crippen MR) is 60.7 cm³/mol. The fourth-order valence-corrected chi connectivity index (χ4v) is 1.94. The van der Waals surface area contributed by atoms with Gasteiger partial charge in [0.1, 0.15) is 0 Å². The first-order valence-corrected chi connectivity index (χ1v) is 5.95. The molecule has 2 atom stereocenters. The molecular weight excluding hydrogens is 214 g/mol. The van der Waals surface area contributed by atoms with Crippen LogP contribution >= 0.6 is 11.8 Å². The summed E-state index contributed by atoms with van der Waals surface area (Å²) in [5.41, 5.74) is 0. The van der Waals surface area contributed by atoms with Crippen LogP contribution in [0.2, 0.25) is 0 Å². The molecule has 0 saturated heterocycles. The van der Waals surface area contributed by atoms with E-state index in [1.54, 1.807) is 13.2 Å². The second-order valence-electron chi connectivity index (χ2n) is 3.45. The zero-order valence-corrected chi connectivity index (χ0v) is 10.2. The molecule has 0 radical (unpaired) electrons. The van der Waals surface area contributed by atoms with Crippen LogP contribution in [0.5, 0.6) is 11.8 Å². The third kappa shape index (κ3) is 2.23. The molecule has 0 aliphatic heterocycles. The van der Waals surface area contributed by atoms with E-state index < -0.39 is 0 Å². The Hall–Kier alpha value is -0.810. The molecule has 4 nitrogen and oxygen atoms in total. The number of thioether (sulfide) groups is 1. The van der Waals surface area contributed by atoms with Crippen LogP contribution in [-0.2, 0) is 4.74 Å². The van der Waals surface area contributed by atoms with E-state index in [2.05, 4.69) is 0 Å². The van der Waals surface area contributed by atoms with E-state index in [0.29, 0.717) is 4.90 Å². The number of rotatable bonds is 4. The van der Waals surface area contributed by atoms with Gasteiger partial charge in [0.25, 0.3) is 0 Å². The molecular formula is C10H17NO3S. The molecule has 1 aromatic rings. The topological polar surface area (TPSA) is 54.6 Å². The van der Waals surface area contributed by atoms with Gasteiger partial charge in [0.2, 0.25) is 5.88 Å². The quantitative estimate of drug-likeness (QED) is 0.780. The Morgan fingerprint density at radius 3 is 2.40 bits per heavy atom. The lowest BCUT2D eigenvalue weighted by Crippen LogP contribution is -2.19. The van der Waals surface area contributed by atoms with Crippen LogP contribution in [0.25, 0.3) is 0 Å². The van der Waals surface area contributed by atoms with Gasteiger partial charge < -0.3 is 14.9 Å². The van der Waals surface area contributed by atoms with Crippen molar-refractivity contribution in [3.63, 3.8) is 0 Å². The molecule has 0 spiro atoms. The first-order chi connectivity index (χ1) is 7.02. The molecule has 1 heterocycles. The van der Waals surface area contributed by atoms with Crippen LogP contribution in [0.4, 0.5) is 0 Å². The Morgan fingerprint density at radius 1 is 1.40 bits per heavy atom. The molecule has 5 heteroatoms. The second kappa shape index (κ2) is 4.81. The Kier molecular flexibility index (Phi) is 3.93. The highest BCUT2D eigenvalue weighted by Gasteiger charge is 2.21. The standard InChI is InChI=1S/C10H17NO3S/c1-6(7(2)14-3)11-9(12)5-8(15-4)10(11)13/h5-7,12-13H,1-4H3. The van der Waals surface area contributed by atoms with E-state index in [9.17, 15) is 10.2 Å². The van der Waals surface area contributed by atoms with E-state index in [1.165, 1.54) is 16.3 Å². The van der Waals surface area contributed by atoms with Crippen molar-refractivity contribution >= 4 is 11.8 Å². The molecule has 86 valence electrons. The molecule has 2 N–H and O–H groups in total. The number of aromatic hydroxyl groups is 2. The summed E-state index contributed by atoms with van der Waals surface area (Å²) in [4.78, 5) is 0.669. The van der Waals surface area contributed by atoms with Gasteiger partial charge in [0.15, 0.2) is 5.88 Å². The number of hydrogen-bond donors (Lipinski definition) is 2. The molecule has 15 heavy (non-hydrogen) atoms. The number of aromatic nitrogens is 1. The molecule has 0 saturated carbocycles. The van der Waals surface area contributed by atoms with Crippen LogP contribution in [0.3, 0.4) is 0 Å². The van der Waals surface area contributed by atoms with Gasteiger partial charge in [-0.25, -0.2) is 0 Å². The summed E-state index contributed by atoms with van der Waals surface area (Å²) in [5, 5.41) is 19.5. The van der Waals surface area contributed by atoms with Crippen molar-refractivity contribution in [2.24, 2.45) is 0 Å². The molecule has 0 aliphatic rings. The molecule has 2 unspecified atom stereocenters. The SMILES string of the molecule is COC(C)C(C)n1c(O)cc(SC)c1O. The summed E-state index contributed by atoms with van der Waals surface area (Å²) in [6.45, 7) is 3.78. The van der Waals surface area contributed by atoms with E-state index in [0.717, 1.165) is 0 Å². The molecule has 0 fully saturated rings. The van der Waals surface area contributed by atoms with Crippen LogP contribution in [-0.4, -0.2) is 34.2 Å². The van der Waals surface area contributed by atoms with Gasteiger partial charge >= 0.3 is 0 Å². The summed E-state index contributed by atoms with van der Waals surface area (Å²) in [5.74, 6) is 0.157. The van der Waals surface area contributed by atoms with Crippen molar-refractivity contribution in [2.75, 3.05) is 13.4 Å². The van der Waals surface area contributed by atoms with Crippen molar-refractivity contribution in [3.8, 4) is 11.8 Å². The number of methoxy groups -OCH3 is 1. The minimum Gasteiger partial charge on any atom is -0.494 e. The first kappa shape index (κ1) is 12.3. The smallest absolute Gasteiger partial charge is 0.208 e. The predicted octanol–water partition coefficient (Wildman–Crippen LogP) is 2.22. The second-order valence-corrected chi connectivity index (χ2v) is 4.29. The van der Waals surface area contributed by atoms with E-state index in [4.69, 9.17) is 4.74 Å². The van der Waals surface area contributed by atoms with E-state index in [-0.39, 0.29) is 23.9 Å². The highest BCUT2D eigenvalue weighted by molar-refractivity contribution is 7.98. The van der Waals surface area contributed by atoms with Gasteiger partial charge in [-0.1, -0.05) is 0 Å². The Bertz CT molecular complexity index is 338. The van der Waals surface area contributed by atoms with Gasteiger partial charge in [-0.05, 0) is 20.1 Å². The van der Waals surface area contributed by atoms with Crippen LogP contribution in [0.15, 0.2) is 11.0 Å². The van der Waals surface area contributed by atoms with Crippen LogP contribution in [0, 0.1) is 0 Å². The summed E-state index contributed by atoms with van der Waals surface area (Å²) < 4.78 is 6.64. The van der Waals surface area contributed by atoms with Crippen LogP contribution in [0.1, 0.15) is 19.9 Å². The van der Waals surface area contributed by atoms with Gasteiger partial charge in [-0.3, -0.25) is 4.57 Å². The molecule has 0 aliphatic carbocycles. The average molecular weight is 231 g/mol. The lowest BCUT2D eigenvalue weighted by atomic mass is 10.2. The van der Waals surface area contributed by atoms with Crippen molar-refractivity contribution < 1.29 is 14.9 Å².